The van der Waals surface area contributed by atoms with E-state index in [1.54, 1.807) is 6.26 Å². The molecule has 1 unspecified atom stereocenters. The number of hydrogen-bond acceptors (Lipinski definition) is 3. The van der Waals surface area contributed by atoms with E-state index in [1.807, 2.05) is 31.2 Å². The average molecular weight is 205 g/mol. The molecule has 1 aromatic carbocycles. The lowest BCUT2D eigenvalue weighted by molar-refractivity contribution is 0.176. The van der Waals surface area contributed by atoms with E-state index in [0.717, 1.165) is 23.1 Å². The number of fused-ring (bicyclic) bond motifs is 1. The zero-order valence-corrected chi connectivity index (χ0v) is 8.73. The van der Waals surface area contributed by atoms with Gasteiger partial charge in [0, 0.05) is 11.9 Å². The second-order valence-corrected chi connectivity index (χ2v) is 3.54. The molecule has 15 heavy (non-hydrogen) atoms. The first-order chi connectivity index (χ1) is 7.31. The highest BCUT2D eigenvalue weighted by atomic mass is 16.3. The van der Waals surface area contributed by atoms with Crippen molar-refractivity contribution in [3.05, 3.63) is 36.1 Å². The van der Waals surface area contributed by atoms with Crippen LogP contribution in [0.5, 0.6) is 0 Å². The molecule has 0 saturated carbocycles. The summed E-state index contributed by atoms with van der Waals surface area (Å²) in [5.74, 6) is 0. The van der Waals surface area contributed by atoms with Crippen molar-refractivity contribution in [3.63, 3.8) is 0 Å². The molecule has 0 spiro atoms. The van der Waals surface area contributed by atoms with Crippen LogP contribution in [-0.2, 0) is 0 Å². The molecule has 0 aliphatic rings. The minimum Gasteiger partial charge on any atom is -0.464 e. The van der Waals surface area contributed by atoms with Crippen LogP contribution in [0.2, 0.25) is 0 Å². The van der Waals surface area contributed by atoms with Crippen LogP contribution < -0.4 is 5.32 Å². The van der Waals surface area contributed by atoms with Crippen molar-refractivity contribution >= 4 is 11.0 Å². The lowest BCUT2D eigenvalue weighted by atomic mass is 10.1. The van der Waals surface area contributed by atoms with E-state index in [0.29, 0.717) is 6.54 Å². The number of furan rings is 1. The van der Waals surface area contributed by atoms with Gasteiger partial charge in [-0.3, -0.25) is 0 Å². The van der Waals surface area contributed by atoms with Gasteiger partial charge in [-0.15, -0.1) is 0 Å². The summed E-state index contributed by atoms with van der Waals surface area (Å²) in [6.45, 7) is 3.47. The standard InChI is InChI=1S/C12H15NO2/c1-2-13-8-11(14)9-3-4-12-10(7-9)5-6-15-12/h3-7,11,13-14H,2,8H2,1H3. The molecule has 1 heterocycles. The fourth-order valence-electron chi connectivity index (χ4n) is 1.59. The maximum Gasteiger partial charge on any atom is 0.133 e. The summed E-state index contributed by atoms with van der Waals surface area (Å²) in [6, 6.07) is 7.65. The number of rotatable bonds is 4. The van der Waals surface area contributed by atoms with Crippen LogP contribution in [0.1, 0.15) is 18.6 Å². The van der Waals surface area contributed by atoms with Crippen molar-refractivity contribution in [1.82, 2.24) is 5.32 Å². The van der Waals surface area contributed by atoms with Crippen molar-refractivity contribution in [1.29, 1.82) is 0 Å². The van der Waals surface area contributed by atoms with Crippen molar-refractivity contribution in [2.75, 3.05) is 13.1 Å². The summed E-state index contributed by atoms with van der Waals surface area (Å²) >= 11 is 0. The third kappa shape index (κ3) is 2.19. The number of hydrogen-bond donors (Lipinski definition) is 2. The quantitative estimate of drug-likeness (QED) is 0.803. The number of benzene rings is 1. The molecule has 2 aromatic rings. The SMILES string of the molecule is CCNCC(O)c1ccc2occc2c1. The predicted octanol–water partition coefficient (Wildman–Crippen LogP) is 2.08. The number of nitrogens with one attached hydrogen (secondary N) is 1. The molecule has 0 aliphatic heterocycles. The van der Waals surface area contributed by atoms with Gasteiger partial charge in [0.1, 0.15) is 5.58 Å². The van der Waals surface area contributed by atoms with Crippen molar-refractivity contribution in [2.45, 2.75) is 13.0 Å². The van der Waals surface area contributed by atoms with Crippen LogP contribution >= 0.6 is 0 Å². The highest BCUT2D eigenvalue weighted by Crippen LogP contribution is 2.20. The van der Waals surface area contributed by atoms with Crippen molar-refractivity contribution in [3.8, 4) is 0 Å². The zero-order chi connectivity index (χ0) is 10.7. The number of aliphatic hydroxyl groups excluding tert-OH is 1. The second kappa shape index (κ2) is 4.47. The van der Waals surface area contributed by atoms with E-state index in [2.05, 4.69) is 5.32 Å². The van der Waals surface area contributed by atoms with Gasteiger partial charge in [0.15, 0.2) is 0 Å². The summed E-state index contributed by atoms with van der Waals surface area (Å²) in [6.07, 6.45) is 1.20. The summed E-state index contributed by atoms with van der Waals surface area (Å²) in [5.41, 5.74) is 1.78. The molecule has 0 fully saturated rings. The average Bonchev–Trinajstić information content (AvgIpc) is 2.72. The van der Waals surface area contributed by atoms with Gasteiger partial charge >= 0.3 is 0 Å². The molecule has 0 saturated heterocycles. The topological polar surface area (TPSA) is 45.4 Å². The smallest absolute Gasteiger partial charge is 0.133 e. The number of likely N-dealkylation sites (N-methyl/N-ethyl adjacent to an activating group) is 1. The fourth-order valence-corrected chi connectivity index (χ4v) is 1.59. The van der Waals surface area contributed by atoms with Crippen LogP contribution in [0, 0.1) is 0 Å². The zero-order valence-electron chi connectivity index (χ0n) is 8.73. The largest absolute Gasteiger partial charge is 0.464 e. The summed E-state index contributed by atoms with van der Waals surface area (Å²) in [7, 11) is 0. The molecular weight excluding hydrogens is 190 g/mol. The minimum absolute atomic E-state index is 0.454. The van der Waals surface area contributed by atoms with E-state index in [-0.39, 0.29) is 0 Å². The van der Waals surface area contributed by atoms with Gasteiger partial charge in [0.2, 0.25) is 0 Å². The lowest BCUT2D eigenvalue weighted by Gasteiger charge is -2.10. The van der Waals surface area contributed by atoms with Gasteiger partial charge in [-0.25, -0.2) is 0 Å². The second-order valence-electron chi connectivity index (χ2n) is 3.54. The molecule has 0 aliphatic carbocycles. The van der Waals surface area contributed by atoms with Crippen LogP contribution in [0.25, 0.3) is 11.0 Å². The third-order valence-electron chi connectivity index (χ3n) is 2.45. The fraction of sp³-hybridized carbons (Fsp3) is 0.333. The summed E-state index contributed by atoms with van der Waals surface area (Å²) < 4.78 is 5.24. The summed E-state index contributed by atoms with van der Waals surface area (Å²) in [5, 5.41) is 14.0. The number of aliphatic hydroxyl groups is 1. The maximum atomic E-state index is 9.86. The Hall–Kier alpha value is -1.32. The Morgan fingerprint density at radius 1 is 1.40 bits per heavy atom. The van der Waals surface area contributed by atoms with Gasteiger partial charge in [-0.1, -0.05) is 13.0 Å². The van der Waals surface area contributed by atoms with Crippen LogP contribution in [0.3, 0.4) is 0 Å². The molecule has 0 bridgehead atoms. The molecule has 0 amide bonds. The highest BCUT2D eigenvalue weighted by Gasteiger charge is 2.07. The Morgan fingerprint density at radius 2 is 2.27 bits per heavy atom. The maximum absolute atomic E-state index is 9.86. The molecule has 2 N–H and O–H groups in total. The van der Waals surface area contributed by atoms with E-state index in [9.17, 15) is 5.11 Å². The predicted molar refractivity (Wildman–Crippen MR) is 59.7 cm³/mol. The molecule has 3 heteroatoms. The first-order valence-corrected chi connectivity index (χ1v) is 5.17. The molecule has 1 aromatic heterocycles. The van der Waals surface area contributed by atoms with Crippen LogP contribution in [0.4, 0.5) is 0 Å². The Kier molecular flexibility index (Phi) is 3.04. The van der Waals surface area contributed by atoms with Gasteiger partial charge in [0.05, 0.1) is 12.4 Å². The van der Waals surface area contributed by atoms with E-state index >= 15 is 0 Å². The molecular formula is C12H15NO2. The molecule has 80 valence electrons. The normalized spacial score (nSPS) is 13.2. The first-order valence-electron chi connectivity index (χ1n) is 5.17. The van der Waals surface area contributed by atoms with Gasteiger partial charge in [-0.2, -0.15) is 0 Å². The van der Waals surface area contributed by atoms with Gasteiger partial charge < -0.3 is 14.8 Å². The van der Waals surface area contributed by atoms with E-state index in [4.69, 9.17) is 4.42 Å². The van der Waals surface area contributed by atoms with E-state index < -0.39 is 6.10 Å². The Balaban J connectivity index is 2.19. The van der Waals surface area contributed by atoms with E-state index in [1.165, 1.54) is 0 Å². The summed E-state index contributed by atoms with van der Waals surface area (Å²) in [4.78, 5) is 0. The lowest BCUT2D eigenvalue weighted by Crippen LogP contribution is -2.20. The Labute approximate surface area is 88.7 Å². The molecule has 2 rings (SSSR count). The molecule has 0 radical (unpaired) electrons. The molecule has 3 nitrogen and oxygen atoms in total. The first kappa shape index (κ1) is 10.2. The van der Waals surface area contributed by atoms with Crippen LogP contribution in [0.15, 0.2) is 34.9 Å². The monoisotopic (exact) mass is 205 g/mol. The van der Waals surface area contributed by atoms with Gasteiger partial charge in [0.25, 0.3) is 0 Å². The van der Waals surface area contributed by atoms with Crippen LogP contribution in [-0.4, -0.2) is 18.2 Å². The van der Waals surface area contributed by atoms with Gasteiger partial charge in [-0.05, 0) is 30.3 Å². The molecule has 1 atom stereocenters. The van der Waals surface area contributed by atoms with Crippen molar-refractivity contribution < 1.29 is 9.52 Å². The third-order valence-corrected chi connectivity index (χ3v) is 2.45. The van der Waals surface area contributed by atoms with Crippen molar-refractivity contribution in [2.24, 2.45) is 0 Å². The Bertz CT molecular complexity index is 436. The minimum atomic E-state index is -0.454. The Morgan fingerprint density at radius 3 is 3.07 bits per heavy atom. The highest BCUT2D eigenvalue weighted by molar-refractivity contribution is 5.77.